The van der Waals surface area contributed by atoms with Crippen molar-refractivity contribution >= 4 is 27.0 Å². The Kier molecular flexibility index (Phi) is 5.79. The second-order valence-electron chi connectivity index (χ2n) is 7.89. The molecule has 2 aromatic carbocycles. The largest absolute Gasteiger partial charge is 0.495 e. The number of methoxy groups -OCH3 is 1. The first-order valence-electron chi connectivity index (χ1n) is 10.2. The molecule has 1 heterocycles. The van der Waals surface area contributed by atoms with Crippen molar-refractivity contribution in [3.63, 3.8) is 0 Å². The summed E-state index contributed by atoms with van der Waals surface area (Å²) >= 11 is 0. The van der Waals surface area contributed by atoms with Gasteiger partial charge < -0.3 is 13.9 Å². The molecule has 0 saturated heterocycles. The van der Waals surface area contributed by atoms with Crippen LogP contribution < -0.4 is 19.8 Å². The molecule has 0 spiro atoms. The highest BCUT2D eigenvalue weighted by Crippen LogP contribution is 2.30. The van der Waals surface area contributed by atoms with Crippen LogP contribution >= 0.6 is 0 Å². The van der Waals surface area contributed by atoms with Crippen molar-refractivity contribution in [2.75, 3.05) is 7.11 Å². The highest BCUT2D eigenvalue weighted by atomic mass is 32.2. The maximum absolute atomic E-state index is 12.7. The second kappa shape index (κ2) is 8.40. The Hall–Kier alpha value is -3.17. The molecular formula is C23H23NO7S. The Morgan fingerprint density at radius 1 is 1.09 bits per heavy atom. The van der Waals surface area contributed by atoms with Gasteiger partial charge in [0.15, 0.2) is 0 Å². The first-order valence-corrected chi connectivity index (χ1v) is 11.7. The quantitative estimate of drug-likeness (QED) is 0.344. The summed E-state index contributed by atoms with van der Waals surface area (Å²) in [5.41, 5.74) is 1.71. The van der Waals surface area contributed by atoms with Crippen LogP contribution in [0.25, 0.3) is 11.0 Å². The average Bonchev–Trinajstić information content (AvgIpc) is 3.23. The molecule has 1 aromatic heterocycles. The predicted octanol–water partition coefficient (Wildman–Crippen LogP) is 3.20. The summed E-state index contributed by atoms with van der Waals surface area (Å²) in [5, 5.41) is 0.828. The van der Waals surface area contributed by atoms with Crippen LogP contribution in [0.1, 0.15) is 41.8 Å². The Labute approximate surface area is 185 Å². The molecule has 168 valence electrons. The van der Waals surface area contributed by atoms with E-state index in [0.717, 1.165) is 23.8 Å². The van der Waals surface area contributed by atoms with Crippen LogP contribution in [-0.4, -0.2) is 27.5 Å². The minimum absolute atomic E-state index is 0.0328. The van der Waals surface area contributed by atoms with E-state index < -0.39 is 16.0 Å². The summed E-state index contributed by atoms with van der Waals surface area (Å²) < 4.78 is 43.7. The van der Waals surface area contributed by atoms with E-state index in [-0.39, 0.29) is 33.6 Å². The molecule has 32 heavy (non-hydrogen) atoms. The fraction of sp³-hybridized carbons (Fsp3) is 0.304. The minimum atomic E-state index is -3.90. The van der Waals surface area contributed by atoms with Gasteiger partial charge in [0.25, 0.3) is 0 Å². The van der Waals surface area contributed by atoms with E-state index in [9.17, 15) is 18.0 Å². The first kappa shape index (κ1) is 22.0. The average molecular weight is 458 g/mol. The minimum Gasteiger partial charge on any atom is -0.495 e. The number of hydrogen-bond donors (Lipinski definition) is 1. The number of rotatable bonds is 6. The number of aryl methyl sites for hydroxylation is 1. The lowest BCUT2D eigenvalue weighted by atomic mass is 10.1. The molecule has 0 saturated carbocycles. The van der Waals surface area contributed by atoms with E-state index in [1.807, 2.05) is 0 Å². The smallest absolute Gasteiger partial charge is 0.343 e. The lowest BCUT2D eigenvalue weighted by Gasteiger charge is -2.14. The molecule has 0 fully saturated rings. The van der Waals surface area contributed by atoms with Crippen LogP contribution in [0.5, 0.6) is 11.5 Å². The van der Waals surface area contributed by atoms with Crippen LogP contribution in [0.2, 0.25) is 0 Å². The maximum atomic E-state index is 12.7. The standard InChI is InChI=1S/C23H23NO7S/c1-13(2)24-32(27,28)21-11-14(7-10-19(21)29-3)22(25)30-15-8-9-17-16-5-4-6-18(16)23(26)31-20(17)12-15/h7-13,24H,4-6H2,1-3H3. The van der Waals surface area contributed by atoms with Crippen molar-refractivity contribution in [2.45, 2.75) is 44.0 Å². The van der Waals surface area contributed by atoms with Crippen molar-refractivity contribution in [1.29, 1.82) is 0 Å². The molecule has 9 heteroatoms. The van der Waals surface area contributed by atoms with Gasteiger partial charge in [-0.25, -0.2) is 22.7 Å². The van der Waals surface area contributed by atoms with Gasteiger partial charge >= 0.3 is 11.6 Å². The number of benzene rings is 2. The summed E-state index contributed by atoms with van der Waals surface area (Å²) in [7, 11) is -2.55. The maximum Gasteiger partial charge on any atom is 0.343 e. The van der Waals surface area contributed by atoms with Gasteiger partial charge in [0.1, 0.15) is 22.0 Å². The van der Waals surface area contributed by atoms with Crippen molar-refractivity contribution in [2.24, 2.45) is 0 Å². The number of carbonyl (C=O) groups excluding carboxylic acids is 1. The monoisotopic (exact) mass is 457 g/mol. The van der Waals surface area contributed by atoms with Gasteiger partial charge in [-0.3, -0.25) is 0 Å². The highest BCUT2D eigenvalue weighted by molar-refractivity contribution is 7.89. The SMILES string of the molecule is COc1ccc(C(=O)Oc2ccc3c4c(c(=O)oc3c2)CCC4)cc1S(=O)(=O)NC(C)C. The van der Waals surface area contributed by atoms with E-state index in [1.165, 1.54) is 31.4 Å². The number of hydrogen-bond acceptors (Lipinski definition) is 7. The molecule has 4 rings (SSSR count). The van der Waals surface area contributed by atoms with Crippen LogP contribution in [0.4, 0.5) is 0 Å². The van der Waals surface area contributed by atoms with Crippen molar-refractivity contribution in [1.82, 2.24) is 4.72 Å². The number of nitrogens with one attached hydrogen (secondary N) is 1. The van der Waals surface area contributed by atoms with E-state index in [1.54, 1.807) is 26.0 Å². The summed E-state index contributed by atoms with van der Waals surface area (Å²) in [6, 6.07) is 8.57. The predicted molar refractivity (Wildman–Crippen MR) is 118 cm³/mol. The number of esters is 1. The molecule has 1 N–H and O–H groups in total. The van der Waals surface area contributed by atoms with Crippen molar-refractivity contribution in [3.05, 3.63) is 63.5 Å². The third kappa shape index (κ3) is 4.13. The van der Waals surface area contributed by atoms with Gasteiger partial charge in [0.2, 0.25) is 10.0 Å². The third-order valence-corrected chi connectivity index (χ3v) is 6.92. The Balaban J connectivity index is 1.66. The van der Waals surface area contributed by atoms with Crippen molar-refractivity contribution < 1.29 is 27.1 Å². The van der Waals surface area contributed by atoms with Crippen LogP contribution in [0.15, 0.2) is 50.5 Å². The fourth-order valence-electron chi connectivity index (χ4n) is 3.88. The molecule has 3 aromatic rings. The van der Waals surface area contributed by atoms with Gasteiger partial charge in [-0.2, -0.15) is 0 Å². The van der Waals surface area contributed by atoms with E-state index in [4.69, 9.17) is 13.9 Å². The lowest BCUT2D eigenvalue weighted by Crippen LogP contribution is -2.30. The molecule has 0 bridgehead atoms. The first-order chi connectivity index (χ1) is 15.2. The number of fused-ring (bicyclic) bond motifs is 3. The van der Waals surface area contributed by atoms with E-state index in [2.05, 4.69) is 4.72 Å². The Morgan fingerprint density at radius 3 is 2.56 bits per heavy atom. The van der Waals surface area contributed by atoms with Gasteiger partial charge in [-0.1, -0.05) is 0 Å². The van der Waals surface area contributed by atoms with E-state index in [0.29, 0.717) is 17.6 Å². The summed E-state index contributed by atoms with van der Waals surface area (Å²) in [4.78, 5) is 24.8. The number of ether oxygens (including phenoxy) is 2. The fourth-order valence-corrected chi connectivity index (χ4v) is 5.33. The summed E-state index contributed by atoms with van der Waals surface area (Å²) in [6.45, 7) is 3.38. The molecule has 0 unspecified atom stereocenters. The zero-order chi connectivity index (χ0) is 23.0. The molecule has 8 nitrogen and oxygen atoms in total. The zero-order valence-electron chi connectivity index (χ0n) is 17.9. The summed E-state index contributed by atoms with van der Waals surface area (Å²) in [5.74, 6) is -0.461. The van der Waals surface area contributed by atoms with Gasteiger partial charge in [0, 0.05) is 23.1 Å². The normalized spacial score (nSPS) is 13.4. The molecule has 1 aliphatic rings. The number of carbonyl (C=O) groups is 1. The molecular weight excluding hydrogens is 434 g/mol. The zero-order valence-corrected chi connectivity index (χ0v) is 18.7. The summed E-state index contributed by atoms with van der Waals surface area (Å²) in [6.07, 6.45) is 2.42. The number of sulfonamides is 1. The Bertz CT molecular complexity index is 1370. The Morgan fingerprint density at radius 2 is 1.84 bits per heavy atom. The van der Waals surface area contributed by atoms with Crippen LogP contribution in [-0.2, 0) is 22.9 Å². The van der Waals surface area contributed by atoms with Crippen molar-refractivity contribution in [3.8, 4) is 11.5 Å². The van der Waals surface area contributed by atoms with Crippen LogP contribution in [0, 0.1) is 0 Å². The van der Waals surface area contributed by atoms with Gasteiger partial charge in [-0.05, 0) is 69.0 Å². The lowest BCUT2D eigenvalue weighted by molar-refractivity contribution is 0.0734. The second-order valence-corrected chi connectivity index (χ2v) is 9.57. The highest BCUT2D eigenvalue weighted by Gasteiger charge is 2.24. The van der Waals surface area contributed by atoms with Crippen LogP contribution in [0.3, 0.4) is 0 Å². The van der Waals surface area contributed by atoms with E-state index >= 15 is 0 Å². The molecule has 0 radical (unpaired) electrons. The molecule has 0 amide bonds. The third-order valence-electron chi connectivity index (χ3n) is 5.24. The van der Waals surface area contributed by atoms with Gasteiger partial charge in [0.05, 0.1) is 12.7 Å². The molecule has 1 aliphatic carbocycles. The molecule has 0 atom stereocenters. The molecule has 0 aliphatic heterocycles. The van der Waals surface area contributed by atoms with Gasteiger partial charge in [-0.15, -0.1) is 0 Å². The topological polar surface area (TPSA) is 112 Å².